The molecule has 0 aliphatic carbocycles. The van der Waals surface area contributed by atoms with Gasteiger partial charge in [-0.2, -0.15) is 5.10 Å². The molecule has 0 amide bonds. The van der Waals surface area contributed by atoms with Gasteiger partial charge < -0.3 is 10.5 Å². The molecule has 0 radical (unpaired) electrons. The molecule has 19 heavy (non-hydrogen) atoms. The number of benzene rings is 1. The summed E-state index contributed by atoms with van der Waals surface area (Å²) in [6, 6.07) is 8.13. The van der Waals surface area contributed by atoms with E-state index < -0.39 is 0 Å². The van der Waals surface area contributed by atoms with E-state index in [0.29, 0.717) is 6.61 Å². The third-order valence-electron chi connectivity index (χ3n) is 2.91. The van der Waals surface area contributed by atoms with Gasteiger partial charge in [-0.15, -0.1) is 0 Å². The summed E-state index contributed by atoms with van der Waals surface area (Å²) in [5.74, 6) is 1.63. The van der Waals surface area contributed by atoms with E-state index in [1.165, 1.54) is 0 Å². The molecule has 102 valence electrons. The van der Waals surface area contributed by atoms with E-state index in [-0.39, 0.29) is 12.1 Å². The van der Waals surface area contributed by atoms with E-state index in [0.717, 1.165) is 17.1 Å². The Morgan fingerprint density at radius 1 is 1.21 bits per heavy atom. The second-order valence-corrected chi connectivity index (χ2v) is 4.86. The Kier molecular flexibility index (Phi) is 4.16. The number of hydrogen-bond donors (Lipinski definition) is 1. The highest BCUT2D eigenvalue weighted by Crippen LogP contribution is 2.17. The van der Waals surface area contributed by atoms with Crippen molar-refractivity contribution >= 4 is 0 Å². The van der Waals surface area contributed by atoms with Crippen molar-refractivity contribution in [2.24, 2.45) is 5.73 Å². The summed E-state index contributed by atoms with van der Waals surface area (Å²) in [6.07, 6.45) is 1.55. The quantitative estimate of drug-likeness (QED) is 0.896. The predicted molar refractivity (Wildman–Crippen MR) is 73.8 cm³/mol. The van der Waals surface area contributed by atoms with Crippen LogP contribution in [0.25, 0.3) is 0 Å². The van der Waals surface area contributed by atoms with Gasteiger partial charge in [0.15, 0.2) is 5.82 Å². The fourth-order valence-electron chi connectivity index (χ4n) is 1.82. The Labute approximate surface area is 113 Å². The van der Waals surface area contributed by atoms with E-state index in [1.54, 1.807) is 6.33 Å². The highest BCUT2D eigenvalue weighted by atomic mass is 16.5. The first-order valence-electron chi connectivity index (χ1n) is 6.44. The van der Waals surface area contributed by atoms with Crippen molar-refractivity contribution in [2.75, 3.05) is 0 Å². The van der Waals surface area contributed by atoms with Gasteiger partial charge in [0.05, 0.1) is 0 Å². The molecule has 0 saturated carbocycles. The van der Waals surface area contributed by atoms with Crippen molar-refractivity contribution in [1.29, 1.82) is 0 Å². The van der Waals surface area contributed by atoms with E-state index in [1.807, 2.05) is 35.9 Å². The molecule has 1 heterocycles. The van der Waals surface area contributed by atoms with Crippen LogP contribution >= 0.6 is 0 Å². The zero-order chi connectivity index (χ0) is 13.8. The van der Waals surface area contributed by atoms with E-state index in [9.17, 15) is 0 Å². The molecule has 1 aromatic heterocycles. The van der Waals surface area contributed by atoms with Crippen molar-refractivity contribution in [2.45, 2.75) is 39.5 Å². The molecule has 5 heteroatoms. The molecular formula is C14H20N4O. The van der Waals surface area contributed by atoms with Gasteiger partial charge in [-0.1, -0.05) is 12.1 Å². The van der Waals surface area contributed by atoms with Gasteiger partial charge in [0.25, 0.3) is 0 Å². The van der Waals surface area contributed by atoms with Gasteiger partial charge in [0, 0.05) is 12.1 Å². The van der Waals surface area contributed by atoms with Crippen LogP contribution in [0.5, 0.6) is 5.75 Å². The Bertz CT molecular complexity index is 516. The lowest BCUT2D eigenvalue weighted by atomic mass is 10.1. The minimum Gasteiger partial charge on any atom is -0.486 e. The third-order valence-corrected chi connectivity index (χ3v) is 2.91. The average molecular weight is 260 g/mol. The zero-order valence-electron chi connectivity index (χ0n) is 11.6. The number of rotatable bonds is 5. The van der Waals surface area contributed by atoms with Crippen LogP contribution in [0.2, 0.25) is 0 Å². The minimum atomic E-state index is 0.0399. The standard InChI is InChI=1S/C14H20N4O/c1-10(2)18-14(16-9-17-18)8-19-13-6-4-12(5-7-13)11(3)15/h4-7,9-11H,8,15H2,1-3H3. The van der Waals surface area contributed by atoms with Crippen molar-refractivity contribution < 1.29 is 4.74 Å². The fourth-order valence-corrected chi connectivity index (χ4v) is 1.82. The van der Waals surface area contributed by atoms with Crippen LogP contribution in [0.15, 0.2) is 30.6 Å². The van der Waals surface area contributed by atoms with E-state index >= 15 is 0 Å². The van der Waals surface area contributed by atoms with Gasteiger partial charge in [-0.05, 0) is 38.5 Å². The normalized spacial score (nSPS) is 12.7. The maximum atomic E-state index is 5.81. The molecule has 5 nitrogen and oxygen atoms in total. The highest BCUT2D eigenvalue weighted by Gasteiger charge is 2.08. The summed E-state index contributed by atoms with van der Waals surface area (Å²) in [6.45, 7) is 6.50. The van der Waals surface area contributed by atoms with Crippen molar-refractivity contribution in [3.8, 4) is 5.75 Å². The number of nitrogens with two attached hydrogens (primary N) is 1. The summed E-state index contributed by atoms with van der Waals surface area (Å²) in [4.78, 5) is 4.21. The van der Waals surface area contributed by atoms with Crippen LogP contribution in [0.3, 0.4) is 0 Å². The molecule has 1 atom stereocenters. The molecule has 0 aliphatic rings. The van der Waals surface area contributed by atoms with Gasteiger partial charge in [-0.3, -0.25) is 0 Å². The van der Waals surface area contributed by atoms with Gasteiger partial charge in [-0.25, -0.2) is 9.67 Å². The third kappa shape index (κ3) is 3.32. The van der Waals surface area contributed by atoms with Crippen molar-refractivity contribution in [3.05, 3.63) is 42.0 Å². The Balaban J connectivity index is 2.00. The lowest BCUT2D eigenvalue weighted by Crippen LogP contribution is -2.10. The summed E-state index contributed by atoms with van der Waals surface area (Å²) in [5, 5.41) is 4.17. The van der Waals surface area contributed by atoms with Crippen molar-refractivity contribution in [3.63, 3.8) is 0 Å². The molecule has 0 bridgehead atoms. The van der Waals surface area contributed by atoms with Gasteiger partial charge >= 0.3 is 0 Å². The number of hydrogen-bond acceptors (Lipinski definition) is 4. The summed E-state index contributed by atoms with van der Waals surface area (Å²) in [5.41, 5.74) is 6.90. The largest absolute Gasteiger partial charge is 0.486 e. The molecule has 2 N–H and O–H groups in total. The van der Waals surface area contributed by atoms with Crippen LogP contribution in [-0.2, 0) is 6.61 Å². The maximum absolute atomic E-state index is 5.81. The smallest absolute Gasteiger partial charge is 0.165 e. The maximum Gasteiger partial charge on any atom is 0.165 e. The average Bonchev–Trinajstić information content (AvgIpc) is 2.85. The SMILES string of the molecule is CC(N)c1ccc(OCc2ncnn2C(C)C)cc1. The van der Waals surface area contributed by atoms with Crippen molar-refractivity contribution in [1.82, 2.24) is 14.8 Å². The summed E-state index contributed by atoms with van der Waals surface area (Å²) >= 11 is 0. The highest BCUT2D eigenvalue weighted by molar-refractivity contribution is 5.28. The molecule has 1 aromatic carbocycles. The van der Waals surface area contributed by atoms with Gasteiger partial charge in [0.1, 0.15) is 18.7 Å². The molecule has 2 rings (SSSR count). The first-order valence-corrected chi connectivity index (χ1v) is 6.44. The number of nitrogens with zero attached hydrogens (tertiary/aromatic N) is 3. The molecule has 0 saturated heterocycles. The fraction of sp³-hybridized carbons (Fsp3) is 0.429. The summed E-state index contributed by atoms with van der Waals surface area (Å²) in [7, 11) is 0. The zero-order valence-corrected chi connectivity index (χ0v) is 11.6. The Hall–Kier alpha value is -1.88. The lowest BCUT2D eigenvalue weighted by molar-refractivity contribution is 0.282. The second-order valence-electron chi connectivity index (χ2n) is 4.86. The molecule has 0 fully saturated rings. The second kappa shape index (κ2) is 5.84. The minimum absolute atomic E-state index is 0.0399. The molecule has 0 aliphatic heterocycles. The molecular weight excluding hydrogens is 240 g/mol. The summed E-state index contributed by atoms with van der Waals surface area (Å²) < 4.78 is 7.57. The first-order chi connectivity index (χ1) is 9.08. The molecule has 0 spiro atoms. The van der Waals surface area contributed by atoms with Crippen LogP contribution in [-0.4, -0.2) is 14.8 Å². The van der Waals surface area contributed by atoms with E-state index in [2.05, 4.69) is 23.9 Å². The Morgan fingerprint density at radius 3 is 2.47 bits per heavy atom. The van der Waals surface area contributed by atoms with E-state index in [4.69, 9.17) is 10.5 Å². The number of aromatic nitrogens is 3. The number of ether oxygens (including phenoxy) is 1. The van der Waals surface area contributed by atoms with Crippen LogP contribution < -0.4 is 10.5 Å². The molecule has 2 aromatic rings. The lowest BCUT2D eigenvalue weighted by Gasteiger charge is -2.11. The first kappa shape index (κ1) is 13.5. The predicted octanol–water partition coefficient (Wildman–Crippen LogP) is 2.46. The Morgan fingerprint density at radius 2 is 1.89 bits per heavy atom. The monoisotopic (exact) mass is 260 g/mol. The van der Waals surface area contributed by atoms with Crippen LogP contribution in [0.4, 0.5) is 0 Å². The van der Waals surface area contributed by atoms with Gasteiger partial charge in [0.2, 0.25) is 0 Å². The topological polar surface area (TPSA) is 66.0 Å². The van der Waals surface area contributed by atoms with Crippen LogP contribution in [0, 0.1) is 0 Å². The van der Waals surface area contributed by atoms with Crippen LogP contribution in [0.1, 0.15) is 44.2 Å². The molecule has 1 unspecified atom stereocenters.